The molecular formula is C18H22ClN3O2. The van der Waals surface area contributed by atoms with E-state index in [2.05, 4.69) is 21.4 Å². The number of urea groups is 1. The molecule has 1 aromatic heterocycles. The van der Waals surface area contributed by atoms with Crippen LogP contribution in [0, 0.1) is 0 Å². The second-order valence-corrected chi connectivity index (χ2v) is 7.23. The van der Waals surface area contributed by atoms with Gasteiger partial charge in [-0.2, -0.15) is 0 Å². The van der Waals surface area contributed by atoms with E-state index >= 15 is 0 Å². The minimum absolute atomic E-state index is 0.0977. The van der Waals surface area contributed by atoms with Crippen LogP contribution in [0.25, 0.3) is 10.9 Å². The largest absolute Gasteiger partial charge is 0.373 e. The van der Waals surface area contributed by atoms with Crippen molar-refractivity contribution in [1.29, 1.82) is 0 Å². The molecule has 5 nitrogen and oxygen atoms in total. The van der Waals surface area contributed by atoms with Gasteiger partial charge in [-0.1, -0.05) is 17.7 Å². The van der Waals surface area contributed by atoms with Crippen LogP contribution in [0.2, 0.25) is 5.02 Å². The predicted octanol–water partition coefficient (Wildman–Crippen LogP) is 2.99. The summed E-state index contributed by atoms with van der Waals surface area (Å²) in [4.78, 5) is 12.1. The van der Waals surface area contributed by atoms with Crippen molar-refractivity contribution < 1.29 is 9.53 Å². The lowest BCUT2D eigenvalue weighted by Crippen LogP contribution is -2.46. The number of amides is 2. The zero-order chi connectivity index (χ0) is 16.7. The van der Waals surface area contributed by atoms with Crippen molar-refractivity contribution >= 4 is 28.5 Å². The fraction of sp³-hybridized carbons (Fsp3) is 0.500. The number of aryl methyl sites for hydroxylation is 1. The molecule has 3 heterocycles. The average molecular weight is 348 g/mol. The third kappa shape index (κ3) is 2.98. The number of aromatic nitrogens is 1. The van der Waals surface area contributed by atoms with E-state index in [-0.39, 0.29) is 18.2 Å². The van der Waals surface area contributed by atoms with Gasteiger partial charge in [0, 0.05) is 35.7 Å². The van der Waals surface area contributed by atoms with Crippen molar-refractivity contribution in [2.24, 2.45) is 7.05 Å². The SMILES string of the molecule is Cn1cc(CCNC(=O)N[C@@H]2C[C@@H]3CC[C@H]2O3)c2ccc(Cl)cc21. The van der Waals surface area contributed by atoms with E-state index in [4.69, 9.17) is 16.3 Å². The molecule has 2 aliphatic heterocycles. The summed E-state index contributed by atoms with van der Waals surface area (Å²) in [6, 6.07) is 5.99. The number of fused-ring (bicyclic) bond motifs is 3. The number of carbonyl (C=O) groups is 1. The number of nitrogens with zero attached hydrogens (tertiary/aromatic N) is 1. The van der Waals surface area contributed by atoms with Crippen molar-refractivity contribution in [3.63, 3.8) is 0 Å². The molecule has 0 unspecified atom stereocenters. The maximum Gasteiger partial charge on any atom is 0.315 e. The smallest absolute Gasteiger partial charge is 0.315 e. The van der Waals surface area contributed by atoms with Crippen molar-refractivity contribution in [3.05, 3.63) is 35.0 Å². The van der Waals surface area contributed by atoms with Crippen molar-refractivity contribution in [2.75, 3.05) is 6.54 Å². The zero-order valence-electron chi connectivity index (χ0n) is 13.7. The molecule has 0 aliphatic carbocycles. The summed E-state index contributed by atoms with van der Waals surface area (Å²) in [5.41, 5.74) is 2.33. The monoisotopic (exact) mass is 347 g/mol. The van der Waals surface area contributed by atoms with Gasteiger partial charge in [-0.15, -0.1) is 0 Å². The quantitative estimate of drug-likeness (QED) is 0.893. The molecule has 2 aliphatic rings. The van der Waals surface area contributed by atoms with Crippen LogP contribution in [0.15, 0.2) is 24.4 Å². The first kappa shape index (κ1) is 15.8. The van der Waals surface area contributed by atoms with Gasteiger partial charge in [-0.05, 0) is 43.4 Å². The van der Waals surface area contributed by atoms with E-state index in [0.717, 1.165) is 36.2 Å². The van der Waals surface area contributed by atoms with Crippen LogP contribution in [0.5, 0.6) is 0 Å². The van der Waals surface area contributed by atoms with Gasteiger partial charge in [0.1, 0.15) is 0 Å². The molecule has 6 heteroatoms. The Hall–Kier alpha value is -1.72. The molecule has 4 rings (SSSR count). The number of benzene rings is 1. The Kier molecular flexibility index (Phi) is 4.14. The number of hydrogen-bond acceptors (Lipinski definition) is 2. The molecule has 0 spiro atoms. The van der Waals surface area contributed by atoms with Crippen LogP contribution >= 0.6 is 11.6 Å². The maximum absolute atomic E-state index is 12.1. The summed E-state index contributed by atoms with van der Waals surface area (Å²) in [6.45, 7) is 0.606. The summed E-state index contributed by atoms with van der Waals surface area (Å²) < 4.78 is 7.84. The maximum atomic E-state index is 12.1. The highest BCUT2D eigenvalue weighted by molar-refractivity contribution is 6.31. The van der Waals surface area contributed by atoms with Crippen LogP contribution < -0.4 is 10.6 Å². The highest BCUT2D eigenvalue weighted by atomic mass is 35.5. The highest BCUT2D eigenvalue weighted by Gasteiger charge is 2.41. The summed E-state index contributed by atoms with van der Waals surface area (Å²) in [5, 5.41) is 7.93. The number of nitrogens with one attached hydrogen (secondary N) is 2. The molecule has 2 bridgehead atoms. The molecule has 3 atom stereocenters. The number of hydrogen-bond donors (Lipinski definition) is 2. The third-order valence-electron chi connectivity index (χ3n) is 5.14. The molecule has 2 fully saturated rings. The summed E-state index contributed by atoms with van der Waals surface area (Å²) >= 11 is 6.06. The normalized spacial score (nSPS) is 25.3. The first-order valence-corrected chi connectivity index (χ1v) is 8.91. The van der Waals surface area contributed by atoms with Crippen LogP contribution in [0.4, 0.5) is 4.79 Å². The van der Waals surface area contributed by atoms with Crippen molar-refractivity contribution in [1.82, 2.24) is 15.2 Å². The van der Waals surface area contributed by atoms with Crippen LogP contribution in [-0.4, -0.2) is 35.4 Å². The number of rotatable bonds is 4. The molecule has 2 amide bonds. The van der Waals surface area contributed by atoms with E-state index in [1.165, 1.54) is 10.9 Å². The standard InChI is InChI=1S/C18H22ClN3O2/c1-22-10-11(14-4-2-12(19)8-16(14)22)6-7-20-18(23)21-15-9-13-3-5-17(15)24-13/h2,4,8,10,13,15,17H,3,5-7,9H2,1H3,(H2,20,21,23)/t13-,15+,17+/m0/s1. The van der Waals surface area contributed by atoms with E-state index in [1.54, 1.807) is 0 Å². The Morgan fingerprint density at radius 2 is 2.29 bits per heavy atom. The predicted molar refractivity (Wildman–Crippen MR) is 94.5 cm³/mol. The number of carbonyl (C=O) groups excluding carboxylic acids is 1. The molecule has 0 saturated carbocycles. The summed E-state index contributed by atoms with van der Waals surface area (Å²) in [6.07, 6.45) is 6.60. The topological polar surface area (TPSA) is 55.3 Å². The van der Waals surface area contributed by atoms with Crippen LogP contribution in [-0.2, 0) is 18.2 Å². The Morgan fingerprint density at radius 1 is 1.42 bits per heavy atom. The van der Waals surface area contributed by atoms with Gasteiger partial charge < -0.3 is 19.9 Å². The molecule has 2 saturated heterocycles. The summed E-state index contributed by atoms with van der Waals surface area (Å²) in [5.74, 6) is 0. The van der Waals surface area contributed by atoms with Gasteiger partial charge in [-0.3, -0.25) is 0 Å². The van der Waals surface area contributed by atoms with Crippen molar-refractivity contribution in [2.45, 2.75) is 43.9 Å². The number of ether oxygens (including phenoxy) is 1. The van der Waals surface area contributed by atoms with Gasteiger partial charge in [0.15, 0.2) is 0 Å². The molecule has 1 aromatic carbocycles. The van der Waals surface area contributed by atoms with E-state index < -0.39 is 0 Å². The van der Waals surface area contributed by atoms with Gasteiger partial charge in [0.05, 0.1) is 18.2 Å². The Labute approximate surface area is 146 Å². The Balaban J connectivity index is 1.32. The fourth-order valence-corrected chi connectivity index (χ4v) is 4.13. The first-order valence-electron chi connectivity index (χ1n) is 8.53. The van der Waals surface area contributed by atoms with Gasteiger partial charge in [0.25, 0.3) is 0 Å². The molecule has 2 N–H and O–H groups in total. The van der Waals surface area contributed by atoms with E-state index in [1.807, 2.05) is 25.2 Å². The van der Waals surface area contributed by atoms with E-state index in [9.17, 15) is 4.79 Å². The minimum Gasteiger partial charge on any atom is -0.373 e. The van der Waals surface area contributed by atoms with Gasteiger partial charge in [0.2, 0.25) is 0 Å². The molecule has 24 heavy (non-hydrogen) atoms. The second kappa shape index (κ2) is 6.30. The van der Waals surface area contributed by atoms with Gasteiger partial charge in [-0.25, -0.2) is 4.79 Å². The fourth-order valence-electron chi connectivity index (χ4n) is 3.96. The highest BCUT2D eigenvalue weighted by Crippen LogP contribution is 2.34. The Morgan fingerprint density at radius 3 is 3.04 bits per heavy atom. The number of halogens is 1. The average Bonchev–Trinajstić information content (AvgIpc) is 3.23. The van der Waals surface area contributed by atoms with Gasteiger partial charge >= 0.3 is 6.03 Å². The second-order valence-electron chi connectivity index (χ2n) is 6.79. The Bertz CT molecular complexity index is 773. The lowest BCUT2D eigenvalue weighted by atomic mass is 9.96. The van der Waals surface area contributed by atoms with Crippen molar-refractivity contribution in [3.8, 4) is 0 Å². The lowest BCUT2D eigenvalue weighted by molar-refractivity contribution is 0.0981. The van der Waals surface area contributed by atoms with Crippen LogP contribution in [0.1, 0.15) is 24.8 Å². The molecule has 2 aromatic rings. The molecule has 128 valence electrons. The third-order valence-corrected chi connectivity index (χ3v) is 5.37. The lowest BCUT2D eigenvalue weighted by Gasteiger charge is -2.20. The molecule has 0 radical (unpaired) electrons. The van der Waals surface area contributed by atoms with E-state index in [0.29, 0.717) is 12.6 Å². The van der Waals surface area contributed by atoms with Crippen LogP contribution in [0.3, 0.4) is 0 Å². The first-order chi connectivity index (χ1) is 11.6. The summed E-state index contributed by atoms with van der Waals surface area (Å²) in [7, 11) is 2.01. The minimum atomic E-state index is -0.0977. The molecular weight excluding hydrogens is 326 g/mol. The zero-order valence-corrected chi connectivity index (χ0v) is 14.5.